The molecule has 4 rings (SSSR count). The fourth-order valence-corrected chi connectivity index (χ4v) is 3.75. The van der Waals surface area contributed by atoms with E-state index in [4.69, 9.17) is 23.2 Å². The van der Waals surface area contributed by atoms with Crippen LogP contribution in [0.1, 0.15) is 16.1 Å². The first-order chi connectivity index (χ1) is 14.0. The summed E-state index contributed by atoms with van der Waals surface area (Å²) in [6.45, 7) is 4.69. The van der Waals surface area contributed by atoms with Gasteiger partial charge in [0.2, 0.25) is 0 Å². The second kappa shape index (κ2) is 8.31. The molecule has 0 spiro atoms. The maximum absolute atomic E-state index is 13.0. The van der Waals surface area contributed by atoms with Gasteiger partial charge in [-0.2, -0.15) is 5.21 Å². The van der Waals surface area contributed by atoms with Crippen molar-refractivity contribution >= 4 is 46.3 Å². The predicted octanol–water partition coefficient (Wildman–Crippen LogP) is 4.13. The molecule has 150 valence electrons. The van der Waals surface area contributed by atoms with Crippen molar-refractivity contribution in [3.8, 4) is 0 Å². The zero-order valence-corrected chi connectivity index (χ0v) is 17.3. The first-order valence-electron chi connectivity index (χ1n) is 9.25. The molecule has 1 aromatic heterocycles. The molecule has 1 amide bonds. The van der Waals surface area contributed by atoms with E-state index in [1.807, 2.05) is 30.3 Å². The number of benzene rings is 2. The van der Waals surface area contributed by atoms with Gasteiger partial charge in [0.15, 0.2) is 11.5 Å². The van der Waals surface area contributed by atoms with Crippen molar-refractivity contribution in [2.24, 2.45) is 0 Å². The lowest BCUT2D eigenvalue weighted by Gasteiger charge is -2.36. The van der Waals surface area contributed by atoms with Crippen molar-refractivity contribution in [3.05, 3.63) is 63.8 Å². The Labute approximate surface area is 178 Å². The van der Waals surface area contributed by atoms with Crippen molar-refractivity contribution in [2.75, 3.05) is 36.4 Å². The van der Waals surface area contributed by atoms with Crippen molar-refractivity contribution in [1.82, 2.24) is 20.3 Å². The molecule has 1 saturated heterocycles. The van der Waals surface area contributed by atoms with Crippen LogP contribution in [0.3, 0.4) is 0 Å². The Morgan fingerprint density at radius 2 is 1.79 bits per heavy atom. The van der Waals surface area contributed by atoms with E-state index in [-0.39, 0.29) is 11.6 Å². The van der Waals surface area contributed by atoms with Crippen LogP contribution in [0.5, 0.6) is 0 Å². The van der Waals surface area contributed by atoms with Gasteiger partial charge in [-0.05, 0) is 42.8 Å². The van der Waals surface area contributed by atoms with E-state index in [0.29, 0.717) is 29.0 Å². The van der Waals surface area contributed by atoms with Gasteiger partial charge < -0.3 is 15.1 Å². The number of piperazine rings is 1. The zero-order chi connectivity index (χ0) is 20.4. The number of nitrogens with zero attached hydrogens (tertiary/aromatic N) is 4. The third-order valence-electron chi connectivity index (χ3n) is 4.92. The highest BCUT2D eigenvalue weighted by molar-refractivity contribution is 6.31. The van der Waals surface area contributed by atoms with Crippen molar-refractivity contribution in [1.29, 1.82) is 0 Å². The molecule has 29 heavy (non-hydrogen) atoms. The SMILES string of the molecule is Cc1ccc(Cl)cc1N1CCN(C(=O)c2n[nH]nc2Nc2cccc(Cl)c2)CC1. The number of carbonyl (C=O) groups excluding carboxylic acids is 1. The molecule has 0 saturated carbocycles. The third-order valence-corrected chi connectivity index (χ3v) is 5.39. The average molecular weight is 431 g/mol. The highest BCUT2D eigenvalue weighted by Crippen LogP contribution is 2.26. The van der Waals surface area contributed by atoms with E-state index in [2.05, 4.69) is 32.6 Å². The van der Waals surface area contributed by atoms with Crippen LogP contribution in [0.15, 0.2) is 42.5 Å². The minimum absolute atomic E-state index is 0.161. The molecule has 2 N–H and O–H groups in total. The molecule has 0 radical (unpaired) electrons. The van der Waals surface area contributed by atoms with Crippen LogP contribution in [-0.2, 0) is 0 Å². The van der Waals surface area contributed by atoms with Gasteiger partial charge in [-0.1, -0.05) is 35.3 Å². The van der Waals surface area contributed by atoms with Crippen molar-refractivity contribution < 1.29 is 4.79 Å². The van der Waals surface area contributed by atoms with Gasteiger partial charge in [0.1, 0.15) is 0 Å². The number of aryl methyl sites for hydroxylation is 1. The predicted molar refractivity (Wildman–Crippen MR) is 115 cm³/mol. The van der Waals surface area contributed by atoms with Gasteiger partial charge in [-0.15, -0.1) is 10.2 Å². The summed E-state index contributed by atoms with van der Waals surface area (Å²) in [7, 11) is 0. The molecule has 9 heteroatoms. The van der Waals surface area contributed by atoms with Crippen LogP contribution in [-0.4, -0.2) is 52.4 Å². The number of aromatic amines is 1. The monoisotopic (exact) mass is 430 g/mol. The molecular formula is C20H20Cl2N6O. The number of anilines is 3. The van der Waals surface area contributed by atoms with Gasteiger partial charge in [-0.25, -0.2) is 0 Å². The minimum Gasteiger partial charge on any atom is -0.368 e. The number of hydrogen-bond donors (Lipinski definition) is 2. The Morgan fingerprint density at radius 3 is 2.55 bits per heavy atom. The Balaban J connectivity index is 1.44. The third kappa shape index (κ3) is 4.31. The fraction of sp³-hybridized carbons (Fsp3) is 0.250. The lowest BCUT2D eigenvalue weighted by atomic mass is 10.1. The summed E-state index contributed by atoms with van der Waals surface area (Å²) in [6.07, 6.45) is 0. The van der Waals surface area contributed by atoms with E-state index >= 15 is 0 Å². The molecule has 1 fully saturated rings. The number of H-pyrrole nitrogens is 1. The molecule has 7 nitrogen and oxygen atoms in total. The highest BCUT2D eigenvalue weighted by atomic mass is 35.5. The summed E-state index contributed by atoms with van der Waals surface area (Å²) in [5, 5.41) is 15.1. The minimum atomic E-state index is -0.161. The Morgan fingerprint density at radius 1 is 1.03 bits per heavy atom. The number of hydrogen-bond acceptors (Lipinski definition) is 5. The Hall–Kier alpha value is -2.77. The van der Waals surface area contributed by atoms with Crippen LogP contribution in [0.25, 0.3) is 0 Å². The van der Waals surface area contributed by atoms with Crippen LogP contribution in [0.4, 0.5) is 17.2 Å². The summed E-state index contributed by atoms with van der Waals surface area (Å²) in [5.74, 6) is 0.219. The van der Waals surface area contributed by atoms with Gasteiger partial charge >= 0.3 is 0 Å². The molecule has 0 unspecified atom stereocenters. The molecule has 0 bridgehead atoms. The Kier molecular flexibility index (Phi) is 5.60. The van der Waals surface area contributed by atoms with Gasteiger partial charge in [0.05, 0.1) is 0 Å². The highest BCUT2D eigenvalue weighted by Gasteiger charge is 2.27. The zero-order valence-electron chi connectivity index (χ0n) is 15.8. The van der Waals surface area contributed by atoms with Crippen LogP contribution in [0, 0.1) is 6.92 Å². The standard InChI is InChI=1S/C20H20Cl2N6O/c1-13-5-6-15(22)12-17(13)27-7-9-28(10-8-27)20(29)18-19(25-26-24-18)23-16-4-2-3-14(21)11-16/h2-6,11-12H,7-10H2,1H3,(H2,23,24,25,26). The number of amides is 1. The van der Waals surface area contributed by atoms with E-state index in [0.717, 1.165) is 24.5 Å². The fourth-order valence-electron chi connectivity index (χ4n) is 3.39. The molecule has 2 aromatic carbocycles. The smallest absolute Gasteiger partial charge is 0.278 e. The van der Waals surface area contributed by atoms with Gasteiger partial charge in [0.25, 0.3) is 5.91 Å². The lowest BCUT2D eigenvalue weighted by molar-refractivity contribution is 0.0742. The molecule has 0 atom stereocenters. The van der Waals surface area contributed by atoms with Crippen molar-refractivity contribution in [2.45, 2.75) is 6.92 Å². The van der Waals surface area contributed by atoms with Crippen LogP contribution >= 0.6 is 23.2 Å². The van der Waals surface area contributed by atoms with Crippen LogP contribution < -0.4 is 10.2 Å². The average Bonchev–Trinajstić information content (AvgIpc) is 3.17. The number of aromatic nitrogens is 3. The normalized spacial score (nSPS) is 14.2. The summed E-state index contributed by atoms with van der Waals surface area (Å²) in [5.41, 5.74) is 3.27. The summed E-state index contributed by atoms with van der Waals surface area (Å²) < 4.78 is 0. The van der Waals surface area contributed by atoms with E-state index < -0.39 is 0 Å². The topological polar surface area (TPSA) is 77.2 Å². The van der Waals surface area contributed by atoms with Crippen LogP contribution in [0.2, 0.25) is 10.0 Å². The first-order valence-corrected chi connectivity index (χ1v) is 10.0. The molecular weight excluding hydrogens is 411 g/mol. The summed E-state index contributed by atoms with van der Waals surface area (Å²) in [6, 6.07) is 13.1. The second-order valence-electron chi connectivity index (χ2n) is 6.87. The number of carbonyl (C=O) groups is 1. The number of rotatable bonds is 4. The second-order valence-corrected chi connectivity index (χ2v) is 7.74. The van der Waals surface area contributed by atoms with Gasteiger partial charge in [0, 0.05) is 47.6 Å². The van der Waals surface area contributed by atoms with E-state index in [1.54, 1.807) is 17.0 Å². The first kappa shape index (κ1) is 19.5. The Bertz CT molecular complexity index is 1030. The largest absolute Gasteiger partial charge is 0.368 e. The lowest BCUT2D eigenvalue weighted by Crippen LogP contribution is -2.49. The molecule has 1 aliphatic rings. The molecule has 0 aliphatic carbocycles. The van der Waals surface area contributed by atoms with E-state index in [9.17, 15) is 4.79 Å². The quantitative estimate of drug-likeness (QED) is 0.650. The molecule has 1 aliphatic heterocycles. The summed E-state index contributed by atoms with van der Waals surface area (Å²) >= 11 is 12.2. The molecule has 3 aromatic rings. The number of nitrogens with one attached hydrogen (secondary N) is 2. The molecule has 2 heterocycles. The van der Waals surface area contributed by atoms with Crippen molar-refractivity contribution in [3.63, 3.8) is 0 Å². The van der Waals surface area contributed by atoms with E-state index in [1.165, 1.54) is 5.56 Å². The maximum Gasteiger partial charge on any atom is 0.278 e. The number of halogens is 2. The maximum atomic E-state index is 13.0. The van der Waals surface area contributed by atoms with Gasteiger partial charge in [-0.3, -0.25) is 4.79 Å². The summed E-state index contributed by atoms with van der Waals surface area (Å²) in [4.78, 5) is 17.0.